The van der Waals surface area contributed by atoms with Gasteiger partial charge in [-0.15, -0.1) is 0 Å². The van der Waals surface area contributed by atoms with E-state index >= 15 is 0 Å². The highest BCUT2D eigenvalue weighted by atomic mass is 32.1. The number of nitro groups is 1. The Morgan fingerprint density at radius 3 is 2.47 bits per heavy atom. The first-order valence-corrected chi connectivity index (χ1v) is 11.1. The number of nitrogens with zero attached hydrogens (tertiary/aromatic N) is 1. The summed E-state index contributed by atoms with van der Waals surface area (Å²) in [6, 6.07) is 18.4. The third-order valence-electron chi connectivity index (χ3n) is 5.30. The fraction of sp³-hybridized carbons (Fsp3) is 0.200. The average molecular weight is 479 g/mol. The van der Waals surface area contributed by atoms with E-state index in [2.05, 4.69) is 16.0 Å². The van der Waals surface area contributed by atoms with Crippen molar-refractivity contribution in [1.29, 1.82) is 0 Å². The second-order valence-corrected chi connectivity index (χ2v) is 7.94. The number of aryl methyl sites for hydroxylation is 2. The van der Waals surface area contributed by atoms with Gasteiger partial charge in [0.15, 0.2) is 5.11 Å². The van der Waals surface area contributed by atoms with Crippen LogP contribution in [0.25, 0.3) is 0 Å². The van der Waals surface area contributed by atoms with Crippen molar-refractivity contribution < 1.29 is 14.5 Å². The molecule has 1 unspecified atom stereocenters. The van der Waals surface area contributed by atoms with Gasteiger partial charge in [-0.2, -0.15) is 0 Å². The Morgan fingerprint density at radius 2 is 1.82 bits per heavy atom. The molecule has 3 N–H and O–H groups in total. The van der Waals surface area contributed by atoms with E-state index in [1.807, 2.05) is 62.4 Å². The van der Waals surface area contributed by atoms with Gasteiger partial charge in [-0.25, -0.2) is 0 Å². The molecule has 0 fully saturated rings. The number of nitrogens with one attached hydrogen (secondary N) is 3. The maximum Gasteiger partial charge on any atom is 0.271 e. The van der Waals surface area contributed by atoms with Gasteiger partial charge in [0.2, 0.25) is 0 Å². The monoisotopic (exact) mass is 478 g/mol. The number of rotatable bonds is 8. The van der Waals surface area contributed by atoms with Crippen molar-refractivity contribution in [1.82, 2.24) is 5.32 Å². The number of amides is 1. The Morgan fingerprint density at radius 1 is 1.09 bits per heavy atom. The maximum atomic E-state index is 13.4. The molecular formula is C25H26N4O4S. The molecule has 176 valence electrons. The number of benzene rings is 3. The van der Waals surface area contributed by atoms with Crippen molar-refractivity contribution in [2.24, 2.45) is 0 Å². The van der Waals surface area contributed by atoms with Gasteiger partial charge in [-0.05, 0) is 48.3 Å². The van der Waals surface area contributed by atoms with Crippen molar-refractivity contribution >= 4 is 40.3 Å². The van der Waals surface area contributed by atoms with Crippen LogP contribution in [0, 0.1) is 17.0 Å². The van der Waals surface area contributed by atoms with Crippen LogP contribution in [0.2, 0.25) is 0 Å². The lowest BCUT2D eigenvalue weighted by molar-refractivity contribution is -0.384. The van der Waals surface area contributed by atoms with Crippen LogP contribution in [0.5, 0.6) is 5.75 Å². The zero-order valence-corrected chi connectivity index (χ0v) is 19.9. The molecule has 0 radical (unpaired) electrons. The number of hydrogen-bond acceptors (Lipinski definition) is 5. The number of thiocarbonyl (C=S) groups is 1. The van der Waals surface area contributed by atoms with Crippen molar-refractivity contribution in [2.45, 2.75) is 26.3 Å². The lowest BCUT2D eigenvalue weighted by Gasteiger charge is -2.23. The van der Waals surface area contributed by atoms with Crippen molar-refractivity contribution in [3.8, 4) is 5.75 Å². The van der Waals surface area contributed by atoms with Gasteiger partial charge in [0.25, 0.3) is 11.6 Å². The number of carbonyl (C=O) groups excluding carboxylic acids is 1. The zero-order valence-electron chi connectivity index (χ0n) is 19.1. The largest absolute Gasteiger partial charge is 0.495 e. The minimum atomic E-state index is -0.810. The smallest absolute Gasteiger partial charge is 0.271 e. The molecule has 0 heterocycles. The molecule has 9 heteroatoms. The summed E-state index contributed by atoms with van der Waals surface area (Å²) in [6.07, 6.45) is 0.771. The molecule has 0 saturated carbocycles. The van der Waals surface area contributed by atoms with Crippen LogP contribution in [0.1, 0.15) is 29.7 Å². The van der Waals surface area contributed by atoms with Gasteiger partial charge < -0.3 is 20.7 Å². The maximum absolute atomic E-state index is 13.4. The first-order valence-electron chi connectivity index (χ1n) is 10.7. The Kier molecular flexibility index (Phi) is 8.15. The van der Waals surface area contributed by atoms with E-state index in [9.17, 15) is 14.9 Å². The number of hydrogen-bond donors (Lipinski definition) is 3. The van der Waals surface area contributed by atoms with Crippen LogP contribution in [0.4, 0.5) is 17.1 Å². The molecule has 0 bridgehead atoms. The number of para-hydroxylation sites is 1. The normalized spacial score (nSPS) is 11.3. The summed E-state index contributed by atoms with van der Waals surface area (Å²) in [5.41, 5.74) is 3.67. The molecule has 34 heavy (non-hydrogen) atoms. The average Bonchev–Trinajstić information content (AvgIpc) is 2.84. The van der Waals surface area contributed by atoms with Crippen LogP contribution >= 0.6 is 12.2 Å². The lowest BCUT2D eigenvalue weighted by Crippen LogP contribution is -2.39. The van der Waals surface area contributed by atoms with Gasteiger partial charge in [-0.1, -0.05) is 55.5 Å². The summed E-state index contributed by atoms with van der Waals surface area (Å²) >= 11 is 5.46. The lowest BCUT2D eigenvalue weighted by atomic mass is 10.0. The summed E-state index contributed by atoms with van der Waals surface area (Å²) in [6.45, 7) is 3.98. The third kappa shape index (κ3) is 5.87. The first kappa shape index (κ1) is 24.7. The second kappa shape index (κ2) is 11.2. The molecule has 1 atom stereocenters. The zero-order chi connectivity index (χ0) is 24.7. The molecule has 0 saturated heterocycles. The SMILES string of the molecule is CCc1cccc(C)c1NC(=O)C(NC(=S)Nc1cc([N+](=O)[O-])ccc1OC)c1ccccc1. The van der Waals surface area contributed by atoms with E-state index in [1.54, 1.807) is 0 Å². The van der Waals surface area contributed by atoms with Gasteiger partial charge in [0, 0.05) is 17.8 Å². The topological polar surface area (TPSA) is 106 Å². The molecule has 3 rings (SSSR count). The fourth-order valence-electron chi connectivity index (χ4n) is 3.54. The van der Waals surface area contributed by atoms with Crippen molar-refractivity contribution in [3.05, 3.63) is 93.5 Å². The molecule has 8 nitrogen and oxygen atoms in total. The Balaban J connectivity index is 1.87. The predicted molar refractivity (Wildman–Crippen MR) is 137 cm³/mol. The van der Waals surface area contributed by atoms with Gasteiger partial charge >= 0.3 is 0 Å². The van der Waals surface area contributed by atoms with E-state index < -0.39 is 11.0 Å². The van der Waals surface area contributed by atoms with E-state index in [0.29, 0.717) is 17.0 Å². The summed E-state index contributed by atoms with van der Waals surface area (Å²) < 4.78 is 5.28. The highest BCUT2D eigenvalue weighted by Crippen LogP contribution is 2.29. The number of ether oxygens (including phenoxy) is 1. The number of carbonyl (C=O) groups is 1. The van der Waals surface area contributed by atoms with Crippen LogP contribution in [0.15, 0.2) is 66.7 Å². The van der Waals surface area contributed by atoms with Crippen LogP contribution in [0.3, 0.4) is 0 Å². The number of methoxy groups -OCH3 is 1. The van der Waals surface area contributed by atoms with Crippen molar-refractivity contribution in [2.75, 3.05) is 17.7 Å². The molecule has 0 aliphatic carbocycles. The minimum Gasteiger partial charge on any atom is -0.495 e. The highest BCUT2D eigenvalue weighted by Gasteiger charge is 2.23. The number of nitro benzene ring substituents is 1. The predicted octanol–water partition coefficient (Wildman–Crippen LogP) is 5.14. The summed E-state index contributed by atoms with van der Waals surface area (Å²) in [7, 11) is 1.45. The Labute approximate surface area is 203 Å². The molecule has 3 aromatic carbocycles. The van der Waals surface area contributed by atoms with Crippen LogP contribution in [-0.2, 0) is 11.2 Å². The second-order valence-electron chi connectivity index (χ2n) is 7.54. The summed E-state index contributed by atoms with van der Waals surface area (Å²) in [5.74, 6) is 0.0910. The Hall–Kier alpha value is -3.98. The molecule has 0 aliphatic rings. The summed E-state index contributed by atoms with van der Waals surface area (Å²) in [4.78, 5) is 24.1. The summed E-state index contributed by atoms with van der Waals surface area (Å²) in [5, 5.41) is 20.3. The van der Waals surface area contributed by atoms with Crippen molar-refractivity contribution in [3.63, 3.8) is 0 Å². The third-order valence-corrected chi connectivity index (χ3v) is 5.52. The number of anilines is 2. The standard InChI is InChI=1S/C25H26N4O4S/c1-4-17-12-8-9-16(2)22(17)27-24(30)23(18-10-6-5-7-11-18)28-25(34)26-20-15-19(29(31)32)13-14-21(20)33-3/h5-15,23H,4H2,1-3H3,(H,27,30)(H2,26,28,34). The molecule has 0 aliphatic heterocycles. The first-order chi connectivity index (χ1) is 16.3. The van der Waals surface area contributed by atoms with E-state index in [4.69, 9.17) is 17.0 Å². The molecule has 1 amide bonds. The molecule has 3 aromatic rings. The molecule has 0 spiro atoms. The minimum absolute atomic E-state index is 0.114. The fourth-order valence-corrected chi connectivity index (χ4v) is 3.77. The van der Waals surface area contributed by atoms with Gasteiger partial charge in [0.05, 0.1) is 17.7 Å². The van der Waals surface area contributed by atoms with E-state index in [0.717, 1.165) is 23.2 Å². The van der Waals surface area contributed by atoms with E-state index in [-0.39, 0.29) is 16.7 Å². The van der Waals surface area contributed by atoms with Gasteiger partial charge in [0.1, 0.15) is 11.8 Å². The van der Waals surface area contributed by atoms with Crippen LogP contribution in [-0.4, -0.2) is 23.1 Å². The van der Waals surface area contributed by atoms with Gasteiger partial charge in [-0.3, -0.25) is 14.9 Å². The van der Waals surface area contributed by atoms with Crippen LogP contribution < -0.4 is 20.7 Å². The highest BCUT2D eigenvalue weighted by molar-refractivity contribution is 7.80. The quantitative estimate of drug-likeness (QED) is 0.234. The number of non-ortho nitro benzene ring substituents is 1. The Bertz CT molecular complexity index is 1200. The van der Waals surface area contributed by atoms with E-state index in [1.165, 1.54) is 25.3 Å². The molecular weight excluding hydrogens is 452 g/mol. The molecule has 0 aromatic heterocycles.